The third-order valence-electron chi connectivity index (χ3n) is 4.76. The van der Waals surface area contributed by atoms with Crippen molar-refractivity contribution in [3.63, 3.8) is 0 Å². The third kappa shape index (κ3) is 3.60. The number of rotatable bonds is 4. The summed E-state index contributed by atoms with van der Waals surface area (Å²) in [7, 11) is 0. The Labute approximate surface area is 132 Å². The number of alkyl halides is 3. The summed E-state index contributed by atoms with van der Waals surface area (Å²) in [6, 6.07) is 3.43. The monoisotopic (exact) mass is 328 g/mol. The van der Waals surface area contributed by atoms with Gasteiger partial charge in [-0.25, -0.2) is 4.79 Å². The number of aliphatic hydroxyl groups is 1. The van der Waals surface area contributed by atoms with Gasteiger partial charge in [0.15, 0.2) is 0 Å². The molecule has 2 amide bonds. The van der Waals surface area contributed by atoms with E-state index >= 15 is 0 Å². The molecular weight excluding hydrogens is 309 g/mol. The number of hydrogen-bond donors (Lipinski definition) is 3. The quantitative estimate of drug-likeness (QED) is 0.796. The largest absolute Gasteiger partial charge is 0.416 e. The lowest BCUT2D eigenvalue weighted by atomic mass is 9.77. The Morgan fingerprint density at radius 2 is 2.04 bits per heavy atom. The van der Waals surface area contributed by atoms with E-state index < -0.39 is 30.4 Å². The van der Waals surface area contributed by atoms with Crippen molar-refractivity contribution in [3.05, 3.63) is 35.4 Å². The highest BCUT2D eigenvalue weighted by atomic mass is 19.4. The Morgan fingerprint density at radius 1 is 1.35 bits per heavy atom. The molecule has 2 aliphatic rings. The van der Waals surface area contributed by atoms with Crippen LogP contribution in [-0.2, 0) is 6.18 Å². The van der Waals surface area contributed by atoms with Gasteiger partial charge in [-0.2, -0.15) is 13.2 Å². The van der Waals surface area contributed by atoms with Gasteiger partial charge < -0.3 is 15.7 Å². The normalized spacial score (nSPS) is 20.7. The minimum Gasteiger partial charge on any atom is -0.394 e. The number of carbonyl (C=O) groups is 1. The summed E-state index contributed by atoms with van der Waals surface area (Å²) >= 11 is 0. The Morgan fingerprint density at radius 3 is 2.61 bits per heavy atom. The van der Waals surface area contributed by atoms with Crippen LogP contribution in [0, 0.1) is 5.41 Å². The first kappa shape index (κ1) is 16.1. The summed E-state index contributed by atoms with van der Waals surface area (Å²) in [5, 5.41) is 14.7. The van der Waals surface area contributed by atoms with E-state index in [1.165, 1.54) is 25.0 Å². The molecule has 2 saturated carbocycles. The Hall–Kier alpha value is -1.76. The van der Waals surface area contributed by atoms with Crippen molar-refractivity contribution in [2.75, 3.05) is 6.61 Å². The average molecular weight is 328 g/mol. The summed E-state index contributed by atoms with van der Waals surface area (Å²) in [6.07, 6.45) is -0.0864. The van der Waals surface area contributed by atoms with Gasteiger partial charge in [0.25, 0.3) is 0 Å². The Bertz CT molecular complexity index is 591. The number of hydrogen-bond acceptors (Lipinski definition) is 2. The maximum atomic E-state index is 12.7. The first-order valence-electron chi connectivity index (χ1n) is 7.66. The zero-order valence-corrected chi connectivity index (χ0v) is 12.5. The molecule has 1 spiro atoms. The maximum Gasteiger partial charge on any atom is 0.416 e. The predicted molar refractivity (Wildman–Crippen MR) is 77.6 cm³/mol. The van der Waals surface area contributed by atoms with E-state index in [4.69, 9.17) is 0 Å². The van der Waals surface area contributed by atoms with Gasteiger partial charge in [-0.15, -0.1) is 0 Å². The highest BCUT2D eigenvalue weighted by Gasteiger charge is 2.53. The van der Waals surface area contributed by atoms with Crippen molar-refractivity contribution in [2.24, 2.45) is 5.41 Å². The van der Waals surface area contributed by atoms with Crippen LogP contribution in [-0.4, -0.2) is 23.8 Å². The molecule has 0 saturated heterocycles. The predicted octanol–water partition coefficient (Wildman–Crippen LogP) is 2.98. The van der Waals surface area contributed by atoms with Crippen LogP contribution in [0.5, 0.6) is 0 Å². The Balaban J connectivity index is 1.59. The van der Waals surface area contributed by atoms with E-state index in [0.29, 0.717) is 5.41 Å². The molecule has 0 aliphatic heterocycles. The van der Waals surface area contributed by atoms with Crippen molar-refractivity contribution < 1.29 is 23.1 Å². The molecule has 0 bridgehead atoms. The van der Waals surface area contributed by atoms with Crippen molar-refractivity contribution in [1.29, 1.82) is 0 Å². The topological polar surface area (TPSA) is 61.4 Å². The molecule has 3 rings (SSSR count). The lowest BCUT2D eigenvalue weighted by Crippen LogP contribution is -2.50. The van der Waals surface area contributed by atoms with E-state index in [1.54, 1.807) is 0 Å². The van der Waals surface area contributed by atoms with Gasteiger partial charge in [-0.05, 0) is 48.8 Å². The van der Waals surface area contributed by atoms with Crippen molar-refractivity contribution in [1.82, 2.24) is 10.6 Å². The van der Waals surface area contributed by atoms with Crippen LogP contribution in [0.1, 0.15) is 42.9 Å². The van der Waals surface area contributed by atoms with Crippen LogP contribution in [0.25, 0.3) is 0 Å². The molecule has 23 heavy (non-hydrogen) atoms. The van der Waals surface area contributed by atoms with E-state index in [-0.39, 0.29) is 11.6 Å². The second-order valence-electron chi connectivity index (χ2n) is 6.58. The molecule has 3 N–H and O–H groups in total. The zero-order valence-electron chi connectivity index (χ0n) is 12.5. The van der Waals surface area contributed by atoms with Gasteiger partial charge in [-0.1, -0.05) is 12.1 Å². The second kappa shape index (κ2) is 5.70. The van der Waals surface area contributed by atoms with Gasteiger partial charge >= 0.3 is 12.2 Å². The van der Waals surface area contributed by atoms with Crippen LogP contribution in [0.4, 0.5) is 18.0 Å². The second-order valence-corrected chi connectivity index (χ2v) is 6.58. The summed E-state index contributed by atoms with van der Waals surface area (Å²) in [6.45, 7) is -0.469. The maximum absolute atomic E-state index is 12.7. The number of amides is 2. The number of benzene rings is 1. The molecule has 1 aromatic rings. The molecule has 2 fully saturated rings. The van der Waals surface area contributed by atoms with Gasteiger partial charge in [0.1, 0.15) is 0 Å². The lowest BCUT2D eigenvalue weighted by Gasteiger charge is -2.36. The number of aliphatic hydroxyl groups excluding tert-OH is 1. The molecule has 1 aromatic carbocycles. The SMILES string of the molecule is O=C(NC1CC2(CC2)C1)N[C@H](CO)c1cccc(C(F)(F)F)c1. The van der Waals surface area contributed by atoms with Crippen molar-refractivity contribution >= 4 is 6.03 Å². The van der Waals surface area contributed by atoms with Gasteiger partial charge in [0.2, 0.25) is 0 Å². The molecule has 0 radical (unpaired) electrons. The molecule has 2 aliphatic carbocycles. The van der Waals surface area contributed by atoms with Crippen molar-refractivity contribution in [3.8, 4) is 0 Å². The number of halogens is 3. The van der Waals surface area contributed by atoms with Gasteiger partial charge in [0.05, 0.1) is 18.2 Å². The molecule has 7 heteroatoms. The molecule has 0 heterocycles. The average Bonchev–Trinajstić information content (AvgIpc) is 3.24. The van der Waals surface area contributed by atoms with Crippen LogP contribution in [0.3, 0.4) is 0 Å². The van der Waals surface area contributed by atoms with E-state index in [2.05, 4.69) is 10.6 Å². The summed E-state index contributed by atoms with van der Waals surface area (Å²) < 4.78 is 38.2. The van der Waals surface area contributed by atoms with E-state index in [0.717, 1.165) is 25.0 Å². The summed E-state index contributed by atoms with van der Waals surface area (Å²) in [5.41, 5.74) is -0.120. The number of carbonyl (C=O) groups excluding carboxylic acids is 1. The van der Waals surface area contributed by atoms with E-state index in [9.17, 15) is 23.1 Å². The van der Waals surface area contributed by atoms with Crippen molar-refractivity contribution in [2.45, 2.75) is 43.9 Å². The van der Waals surface area contributed by atoms with Crippen LogP contribution < -0.4 is 10.6 Å². The minimum absolute atomic E-state index is 0.123. The zero-order chi connectivity index (χ0) is 16.7. The fourth-order valence-corrected chi connectivity index (χ4v) is 3.22. The number of urea groups is 1. The molecule has 1 atom stereocenters. The van der Waals surface area contributed by atoms with Gasteiger partial charge in [0, 0.05) is 6.04 Å². The first-order valence-corrected chi connectivity index (χ1v) is 7.66. The third-order valence-corrected chi connectivity index (χ3v) is 4.76. The number of nitrogens with one attached hydrogen (secondary N) is 2. The first-order chi connectivity index (χ1) is 10.8. The Kier molecular flexibility index (Phi) is 4.00. The summed E-state index contributed by atoms with van der Waals surface area (Å²) in [4.78, 5) is 11.9. The van der Waals surface area contributed by atoms with Crippen LogP contribution in [0.2, 0.25) is 0 Å². The minimum atomic E-state index is -4.46. The highest BCUT2D eigenvalue weighted by Crippen LogP contribution is 2.60. The molecule has 0 unspecified atom stereocenters. The smallest absolute Gasteiger partial charge is 0.394 e. The molecular formula is C16H19F3N2O2. The van der Waals surface area contributed by atoms with Crippen LogP contribution >= 0.6 is 0 Å². The summed E-state index contributed by atoms with van der Waals surface area (Å²) in [5.74, 6) is 0. The highest BCUT2D eigenvalue weighted by molar-refractivity contribution is 5.75. The van der Waals surface area contributed by atoms with Gasteiger partial charge in [-0.3, -0.25) is 0 Å². The lowest BCUT2D eigenvalue weighted by molar-refractivity contribution is -0.137. The molecule has 126 valence electrons. The molecule has 0 aromatic heterocycles. The molecule has 4 nitrogen and oxygen atoms in total. The fraction of sp³-hybridized carbons (Fsp3) is 0.562. The fourth-order valence-electron chi connectivity index (χ4n) is 3.22. The standard InChI is InChI=1S/C16H19F3N2O2/c17-16(18,19)11-3-1-2-10(6-11)13(9-22)21-14(23)20-12-7-15(8-12)4-5-15/h1-3,6,12-13,22H,4-5,7-9H2,(H2,20,21,23)/t13-/m1/s1. The van der Waals surface area contributed by atoms with E-state index in [1.807, 2.05) is 0 Å². The van der Waals surface area contributed by atoms with Crippen LogP contribution in [0.15, 0.2) is 24.3 Å².